The second-order valence-electron chi connectivity index (χ2n) is 16.4. The summed E-state index contributed by atoms with van der Waals surface area (Å²) in [6.07, 6.45) is 8.32. The van der Waals surface area contributed by atoms with Crippen LogP contribution in [0.3, 0.4) is 0 Å². The van der Waals surface area contributed by atoms with Gasteiger partial charge >= 0.3 is 5.97 Å². The van der Waals surface area contributed by atoms with Gasteiger partial charge in [0, 0.05) is 61.2 Å². The zero-order chi connectivity index (χ0) is 41.7. The lowest BCUT2D eigenvalue weighted by Crippen LogP contribution is -2.46. The van der Waals surface area contributed by atoms with E-state index in [0.29, 0.717) is 18.2 Å². The number of methoxy groups -OCH3 is 1. The molecule has 14 heteroatoms. The number of hydrogen-bond donors (Lipinski definition) is 6. The van der Waals surface area contributed by atoms with Crippen molar-refractivity contribution in [2.75, 3.05) is 12.4 Å². The minimum Gasteiger partial charge on any atom is -0.507 e. The largest absolute Gasteiger partial charge is 0.507 e. The van der Waals surface area contributed by atoms with Gasteiger partial charge in [0.25, 0.3) is 11.7 Å². The predicted octanol–water partition coefficient (Wildman–Crippen LogP) is 5.15. The SMILES string of the molecule is COC1C=COC2(C)Oc3c(C)c(O)c4c(O)c(c5c(c4c3C2=N)=NC2(CCCCC2)N=5)NC(=O)/C(C)=C\C=CC(C)C(O)C(C)C(O)C(C)C(OC(C)=O)C1C. The number of amides is 1. The van der Waals surface area contributed by atoms with Crippen LogP contribution in [0, 0.1) is 36.0 Å². The molecule has 1 aliphatic carbocycles. The number of anilines is 1. The maximum Gasteiger partial charge on any atom is 0.302 e. The van der Waals surface area contributed by atoms with Gasteiger partial charge in [0.1, 0.15) is 34.4 Å². The smallest absolute Gasteiger partial charge is 0.302 e. The minimum absolute atomic E-state index is 0.00516. The van der Waals surface area contributed by atoms with Gasteiger partial charge in [-0.1, -0.05) is 52.3 Å². The molecule has 1 spiro atoms. The predicted molar refractivity (Wildman–Crippen MR) is 213 cm³/mol. The van der Waals surface area contributed by atoms with Gasteiger partial charge in [-0.15, -0.1) is 0 Å². The molecule has 3 aliphatic heterocycles. The van der Waals surface area contributed by atoms with E-state index in [4.69, 9.17) is 28.9 Å². The number of esters is 1. The van der Waals surface area contributed by atoms with Crippen LogP contribution < -0.4 is 20.8 Å². The Morgan fingerprint density at radius 1 is 0.947 bits per heavy atom. The Bertz CT molecular complexity index is 2190. The molecule has 1 amide bonds. The van der Waals surface area contributed by atoms with E-state index in [9.17, 15) is 35.4 Å². The van der Waals surface area contributed by atoms with E-state index in [-0.39, 0.29) is 55.7 Å². The molecule has 1 saturated carbocycles. The number of ether oxygens (including phenoxy) is 4. The van der Waals surface area contributed by atoms with E-state index in [1.165, 1.54) is 20.3 Å². The van der Waals surface area contributed by atoms with E-state index >= 15 is 0 Å². The van der Waals surface area contributed by atoms with Crippen LogP contribution in [0.1, 0.15) is 91.7 Å². The van der Waals surface area contributed by atoms with Crippen molar-refractivity contribution in [1.82, 2.24) is 0 Å². The molecule has 0 radical (unpaired) electrons. The molecule has 308 valence electrons. The molecule has 9 unspecified atom stereocenters. The molecule has 6 N–H and O–H groups in total. The Morgan fingerprint density at radius 3 is 2.26 bits per heavy atom. The number of fused-ring (bicyclic) bond motifs is 1. The number of carbonyl (C=O) groups excluding carboxylic acids is 2. The number of allylic oxidation sites excluding steroid dienone is 2. The summed E-state index contributed by atoms with van der Waals surface area (Å²) >= 11 is 0. The lowest BCUT2D eigenvalue weighted by atomic mass is 9.78. The number of nitrogens with zero attached hydrogens (tertiary/aromatic N) is 2. The third kappa shape index (κ3) is 7.43. The van der Waals surface area contributed by atoms with E-state index in [0.717, 1.165) is 19.3 Å². The number of phenols is 2. The van der Waals surface area contributed by atoms with Crippen LogP contribution in [0.25, 0.3) is 10.8 Å². The quantitative estimate of drug-likeness (QED) is 0.174. The topological polar surface area (TPSA) is 213 Å². The molecule has 4 aliphatic rings. The molecule has 1 fully saturated rings. The Labute approximate surface area is 332 Å². The van der Waals surface area contributed by atoms with Gasteiger partial charge in [0.15, 0.2) is 11.4 Å². The number of aliphatic hydroxyl groups is 2. The van der Waals surface area contributed by atoms with Crippen molar-refractivity contribution < 1.29 is 49.0 Å². The number of benzene rings is 2. The highest BCUT2D eigenvalue weighted by atomic mass is 16.7. The standard InChI is InChI=1S/C43H56N4O10/c1-20-14-13-15-21(2)41(53)45-33-32-31(46-43(47-32)17-11-10-12-18-43)28-29(37(33)52)36(51)25(6)39-30(28)40(44)42(8,57-39)55-19-16-27(54-9)22(3)38(56-26(7)48)24(5)35(50)23(4)34(20)49/h13-16,19-20,22-24,27,34-35,38,44,49-52H,10-12,17-18H2,1-9H3,(H,45,53)/b14-13?,19-16?,21-15-,44-40?. The minimum atomic E-state index is -1.72. The monoisotopic (exact) mass is 788 g/mol. The summed E-state index contributed by atoms with van der Waals surface area (Å²) in [5.74, 6) is -5.64. The maximum absolute atomic E-state index is 13.8. The van der Waals surface area contributed by atoms with Gasteiger partial charge in [-0.3, -0.25) is 25.0 Å². The lowest BCUT2D eigenvalue weighted by Gasteiger charge is -2.38. The van der Waals surface area contributed by atoms with E-state index in [2.05, 4.69) is 5.32 Å². The number of rotatable bonds is 2. The molecule has 4 bridgehead atoms. The Balaban J connectivity index is 1.55. The summed E-state index contributed by atoms with van der Waals surface area (Å²) in [4.78, 5) is 36.4. The lowest BCUT2D eigenvalue weighted by molar-refractivity contribution is -0.160. The average Bonchev–Trinajstić information content (AvgIpc) is 3.67. The molecule has 9 atom stereocenters. The van der Waals surface area contributed by atoms with Crippen molar-refractivity contribution in [1.29, 1.82) is 5.41 Å². The summed E-state index contributed by atoms with van der Waals surface area (Å²) in [7, 11) is 1.49. The molecule has 14 nitrogen and oxygen atoms in total. The first-order chi connectivity index (χ1) is 26.9. The molecule has 0 saturated heterocycles. The first-order valence-corrected chi connectivity index (χ1v) is 19.8. The fourth-order valence-electron chi connectivity index (χ4n) is 8.74. The van der Waals surface area contributed by atoms with E-state index in [1.807, 2.05) is 6.92 Å². The number of phenolic OH excluding ortho intramolecular Hbond substituents is 2. The van der Waals surface area contributed by atoms with Gasteiger partial charge in [-0.2, -0.15) is 0 Å². The average molecular weight is 789 g/mol. The Kier molecular flexibility index (Phi) is 11.6. The fraction of sp³-hybridized carbons (Fsp3) is 0.558. The number of aromatic hydroxyl groups is 2. The Hall–Kier alpha value is -4.79. The van der Waals surface area contributed by atoms with Crippen LogP contribution in [-0.2, 0) is 23.8 Å². The summed E-state index contributed by atoms with van der Waals surface area (Å²) in [5, 5.41) is 59.8. The number of nitrogens with one attached hydrogen (secondary N) is 2. The van der Waals surface area contributed by atoms with Crippen LogP contribution in [0.2, 0.25) is 0 Å². The van der Waals surface area contributed by atoms with Crippen molar-refractivity contribution in [3.05, 3.63) is 58.0 Å². The van der Waals surface area contributed by atoms with Crippen LogP contribution in [0.5, 0.6) is 17.2 Å². The highest BCUT2D eigenvalue weighted by Crippen LogP contribution is 2.50. The van der Waals surface area contributed by atoms with Crippen LogP contribution in [-0.4, -0.2) is 81.0 Å². The van der Waals surface area contributed by atoms with E-state index in [1.54, 1.807) is 65.8 Å². The number of aliphatic hydroxyl groups excluding tert-OH is 2. The summed E-state index contributed by atoms with van der Waals surface area (Å²) in [6, 6.07) is 0. The van der Waals surface area contributed by atoms with Crippen molar-refractivity contribution in [3.63, 3.8) is 0 Å². The molecule has 3 heterocycles. The molecule has 57 heavy (non-hydrogen) atoms. The van der Waals surface area contributed by atoms with Crippen LogP contribution in [0.4, 0.5) is 5.69 Å². The maximum atomic E-state index is 13.8. The molecule has 6 rings (SSSR count). The Morgan fingerprint density at radius 2 is 1.61 bits per heavy atom. The van der Waals surface area contributed by atoms with Crippen molar-refractivity contribution in [2.45, 2.75) is 123 Å². The van der Waals surface area contributed by atoms with Gasteiger partial charge in [0.2, 0.25) is 0 Å². The number of carbonyl (C=O) groups is 2. The van der Waals surface area contributed by atoms with Gasteiger partial charge in [-0.05, 0) is 45.6 Å². The second-order valence-corrected chi connectivity index (χ2v) is 16.4. The van der Waals surface area contributed by atoms with Gasteiger partial charge in [0.05, 0.1) is 40.9 Å². The molecule has 0 aromatic heterocycles. The highest BCUT2D eigenvalue weighted by Gasteiger charge is 2.47. The normalized spacial score (nSPS) is 32.5. The van der Waals surface area contributed by atoms with Crippen molar-refractivity contribution in [3.8, 4) is 17.2 Å². The highest BCUT2D eigenvalue weighted by molar-refractivity contribution is 6.20. The molecule has 2 aromatic rings. The third-order valence-electron chi connectivity index (χ3n) is 12.3. The second kappa shape index (κ2) is 15.9. The molecule has 2 aromatic carbocycles. The van der Waals surface area contributed by atoms with Gasteiger partial charge < -0.3 is 44.7 Å². The summed E-state index contributed by atoms with van der Waals surface area (Å²) < 4.78 is 24.2. The summed E-state index contributed by atoms with van der Waals surface area (Å²) in [5.41, 5.74) is -0.170. The fourth-order valence-corrected chi connectivity index (χ4v) is 8.74. The zero-order valence-electron chi connectivity index (χ0n) is 34.2. The van der Waals surface area contributed by atoms with Gasteiger partial charge in [-0.25, -0.2) is 0 Å². The van der Waals surface area contributed by atoms with Crippen molar-refractivity contribution >= 4 is 34.0 Å². The number of hydrogen-bond acceptors (Lipinski definition) is 13. The van der Waals surface area contributed by atoms with Crippen LogP contribution in [0.15, 0.2) is 46.1 Å². The van der Waals surface area contributed by atoms with Crippen LogP contribution >= 0.6 is 0 Å². The molecular weight excluding hydrogens is 732 g/mol. The third-order valence-corrected chi connectivity index (χ3v) is 12.3. The zero-order valence-corrected chi connectivity index (χ0v) is 34.2. The summed E-state index contributed by atoms with van der Waals surface area (Å²) in [6.45, 7) is 13.1. The first-order valence-electron chi connectivity index (χ1n) is 19.8. The first kappa shape index (κ1) is 41.8. The van der Waals surface area contributed by atoms with Crippen molar-refractivity contribution in [2.24, 2.45) is 33.7 Å². The molecular formula is C43H56N4O10. The van der Waals surface area contributed by atoms with E-state index < -0.39 is 77.2 Å².